The molecule has 1 N–H and O–H groups in total. The Kier molecular flexibility index (Phi) is 6.52. The fourth-order valence-corrected chi connectivity index (χ4v) is 3.53. The third-order valence-corrected chi connectivity index (χ3v) is 5.15. The molecule has 4 rings (SSSR count). The molecule has 0 aliphatic carbocycles. The van der Waals surface area contributed by atoms with Gasteiger partial charge in [0.15, 0.2) is 0 Å². The third kappa shape index (κ3) is 4.81. The quantitative estimate of drug-likeness (QED) is 0.453. The molecule has 6 heteroatoms. The summed E-state index contributed by atoms with van der Waals surface area (Å²) in [5, 5.41) is 16.5. The summed E-state index contributed by atoms with van der Waals surface area (Å²) in [6.07, 6.45) is -0.904. The minimum absolute atomic E-state index is 0.0273. The fraction of sp³-hybridized carbons (Fsp3) is 0.231. The summed E-state index contributed by atoms with van der Waals surface area (Å²) in [5.74, 6) is 1.38. The molecule has 0 unspecified atom stereocenters. The zero-order valence-electron chi connectivity index (χ0n) is 18.2. The lowest BCUT2D eigenvalue weighted by Gasteiger charge is -2.16. The first-order chi connectivity index (χ1) is 15.5. The van der Waals surface area contributed by atoms with Crippen molar-refractivity contribution < 1.29 is 14.6 Å². The topological polar surface area (TPSA) is 73.6 Å². The Balaban J connectivity index is 1.56. The monoisotopic (exact) mass is 430 g/mol. The second-order valence-corrected chi connectivity index (χ2v) is 7.62. The number of aliphatic hydroxyl groups excluding tert-OH is 1. The standard InChI is InChI=1S/C26H26N2O4/c1-3-31-21-12-14-22(15-13-21)32-17-20(29)16-28-26(30)24-7-5-4-6-23(24)25(27-28)19-10-8-18(2)9-11-19/h4-15,20,29H,3,16-17H2,1-2H3/t20-/m1/s1. The van der Waals surface area contributed by atoms with Crippen LogP contribution in [0.4, 0.5) is 0 Å². The molecule has 0 aliphatic heterocycles. The molecule has 0 radical (unpaired) electrons. The molecule has 32 heavy (non-hydrogen) atoms. The maximum Gasteiger partial charge on any atom is 0.274 e. The predicted octanol–water partition coefficient (Wildman–Crippen LogP) is 4.21. The number of hydrogen-bond donors (Lipinski definition) is 1. The summed E-state index contributed by atoms with van der Waals surface area (Å²) in [6, 6.07) is 22.6. The summed E-state index contributed by atoms with van der Waals surface area (Å²) in [5.41, 5.74) is 2.53. The van der Waals surface area contributed by atoms with Crippen LogP contribution in [0.3, 0.4) is 0 Å². The molecule has 0 amide bonds. The lowest BCUT2D eigenvalue weighted by Crippen LogP contribution is -2.32. The van der Waals surface area contributed by atoms with E-state index in [0.717, 1.165) is 22.3 Å². The molecule has 0 spiro atoms. The first-order valence-electron chi connectivity index (χ1n) is 10.7. The first-order valence-corrected chi connectivity index (χ1v) is 10.7. The van der Waals surface area contributed by atoms with E-state index < -0.39 is 6.10 Å². The van der Waals surface area contributed by atoms with E-state index in [4.69, 9.17) is 9.47 Å². The summed E-state index contributed by atoms with van der Waals surface area (Å²) >= 11 is 0. The summed E-state index contributed by atoms with van der Waals surface area (Å²) in [4.78, 5) is 13.0. The van der Waals surface area contributed by atoms with Gasteiger partial charge in [-0.3, -0.25) is 4.79 Å². The van der Waals surface area contributed by atoms with Gasteiger partial charge in [-0.1, -0.05) is 48.0 Å². The second kappa shape index (κ2) is 9.66. The van der Waals surface area contributed by atoms with E-state index in [9.17, 15) is 9.90 Å². The molecule has 1 atom stereocenters. The molecular formula is C26H26N2O4. The van der Waals surface area contributed by atoms with Crippen LogP contribution >= 0.6 is 0 Å². The van der Waals surface area contributed by atoms with Gasteiger partial charge in [0.1, 0.15) is 24.2 Å². The summed E-state index contributed by atoms with van der Waals surface area (Å²) < 4.78 is 12.4. The van der Waals surface area contributed by atoms with Gasteiger partial charge in [-0.05, 0) is 44.2 Å². The number of aromatic nitrogens is 2. The van der Waals surface area contributed by atoms with Crippen LogP contribution in [0.2, 0.25) is 0 Å². The van der Waals surface area contributed by atoms with Gasteiger partial charge in [0, 0.05) is 10.9 Å². The van der Waals surface area contributed by atoms with Crippen molar-refractivity contribution in [3.8, 4) is 22.8 Å². The van der Waals surface area contributed by atoms with Crippen LogP contribution in [0.5, 0.6) is 11.5 Å². The highest BCUT2D eigenvalue weighted by atomic mass is 16.5. The molecule has 0 saturated carbocycles. The Labute approximate surface area is 186 Å². The first kappa shape index (κ1) is 21.6. The van der Waals surface area contributed by atoms with E-state index in [-0.39, 0.29) is 18.7 Å². The van der Waals surface area contributed by atoms with Crippen LogP contribution < -0.4 is 15.0 Å². The number of aryl methyl sites for hydroxylation is 1. The molecule has 164 valence electrons. The third-order valence-electron chi connectivity index (χ3n) is 5.15. The van der Waals surface area contributed by atoms with Gasteiger partial charge in [-0.15, -0.1) is 0 Å². The summed E-state index contributed by atoms with van der Waals surface area (Å²) in [6.45, 7) is 4.61. The van der Waals surface area contributed by atoms with Crippen LogP contribution in [0.25, 0.3) is 22.0 Å². The van der Waals surface area contributed by atoms with Crippen molar-refractivity contribution in [1.82, 2.24) is 9.78 Å². The van der Waals surface area contributed by atoms with E-state index in [2.05, 4.69) is 5.10 Å². The Bertz CT molecular complexity index is 1250. The fourth-order valence-electron chi connectivity index (χ4n) is 3.53. The number of rotatable bonds is 8. The van der Waals surface area contributed by atoms with Gasteiger partial charge in [-0.2, -0.15) is 5.10 Å². The van der Waals surface area contributed by atoms with E-state index in [0.29, 0.717) is 23.4 Å². The molecule has 0 fully saturated rings. The molecule has 3 aromatic carbocycles. The van der Waals surface area contributed by atoms with Crippen LogP contribution in [-0.4, -0.2) is 34.2 Å². The predicted molar refractivity (Wildman–Crippen MR) is 125 cm³/mol. The highest BCUT2D eigenvalue weighted by Crippen LogP contribution is 2.25. The number of nitrogens with zero attached hydrogens (tertiary/aromatic N) is 2. The Morgan fingerprint density at radius 1 is 0.906 bits per heavy atom. The molecule has 4 aromatic rings. The van der Waals surface area contributed by atoms with Crippen molar-refractivity contribution >= 4 is 10.8 Å². The Morgan fingerprint density at radius 2 is 1.53 bits per heavy atom. The highest BCUT2D eigenvalue weighted by Gasteiger charge is 2.15. The van der Waals surface area contributed by atoms with Crippen molar-refractivity contribution in [3.63, 3.8) is 0 Å². The molecule has 0 aliphatic rings. The SMILES string of the molecule is CCOc1ccc(OC[C@H](O)Cn2nc(-c3ccc(C)cc3)c3ccccc3c2=O)cc1. The van der Waals surface area contributed by atoms with Crippen LogP contribution in [-0.2, 0) is 6.54 Å². The molecule has 1 aromatic heterocycles. The highest BCUT2D eigenvalue weighted by molar-refractivity contribution is 5.93. The van der Waals surface area contributed by atoms with Crippen molar-refractivity contribution in [1.29, 1.82) is 0 Å². The minimum Gasteiger partial charge on any atom is -0.494 e. The second-order valence-electron chi connectivity index (χ2n) is 7.62. The van der Waals surface area contributed by atoms with E-state index in [1.807, 2.05) is 68.4 Å². The largest absolute Gasteiger partial charge is 0.494 e. The Morgan fingerprint density at radius 3 is 2.19 bits per heavy atom. The van der Waals surface area contributed by atoms with Crippen LogP contribution in [0.15, 0.2) is 77.6 Å². The smallest absolute Gasteiger partial charge is 0.274 e. The molecule has 0 saturated heterocycles. The Hall–Kier alpha value is -3.64. The van der Waals surface area contributed by atoms with Gasteiger partial charge in [0.05, 0.1) is 24.2 Å². The van der Waals surface area contributed by atoms with E-state index in [1.165, 1.54) is 4.68 Å². The maximum atomic E-state index is 13.0. The van der Waals surface area contributed by atoms with E-state index in [1.54, 1.807) is 18.2 Å². The number of hydrogen-bond acceptors (Lipinski definition) is 5. The van der Waals surface area contributed by atoms with Crippen molar-refractivity contribution in [3.05, 3.63) is 88.7 Å². The van der Waals surface area contributed by atoms with Gasteiger partial charge >= 0.3 is 0 Å². The number of benzene rings is 3. The lowest BCUT2D eigenvalue weighted by molar-refractivity contribution is 0.0882. The molecular weight excluding hydrogens is 404 g/mol. The minimum atomic E-state index is -0.904. The van der Waals surface area contributed by atoms with Crippen LogP contribution in [0, 0.1) is 6.92 Å². The average Bonchev–Trinajstić information content (AvgIpc) is 2.81. The normalized spacial score (nSPS) is 12.0. The summed E-state index contributed by atoms with van der Waals surface area (Å²) in [7, 11) is 0. The van der Waals surface area contributed by atoms with Crippen molar-refractivity contribution in [2.45, 2.75) is 26.5 Å². The molecule has 1 heterocycles. The van der Waals surface area contributed by atoms with Gasteiger partial charge < -0.3 is 14.6 Å². The van der Waals surface area contributed by atoms with Gasteiger partial charge in [0.2, 0.25) is 0 Å². The number of ether oxygens (including phenoxy) is 2. The maximum absolute atomic E-state index is 13.0. The average molecular weight is 431 g/mol. The van der Waals surface area contributed by atoms with E-state index >= 15 is 0 Å². The molecule has 0 bridgehead atoms. The zero-order valence-corrected chi connectivity index (χ0v) is 18.2. The number of fused-ring (bicyclic) bond motifs is 1. The van der Waals surface area contributed by atoms with Gasteiger partial charge in [0.25, 0.3) is 5.56 Å². The van der Waals surface area contributed by atoms with Gasteiger partial charge in [-0.25, -0.2) is 4.68 Å². The molecule has 6 nitrogen and oxygen atoms in total. The van der Waals surface area contributed by atoms with Crippen LogP contribution in [0.1, 0.15) is 12.5 Å². The zero-order chi connectivity index (χ0) is 22.5. The van der Waals surface area contributed by atoms with Crippen molar-refractivity contribution in [2.75, 3.05) is 13.2 Å². The van der Waals surface area contributed by atoms with Crippen molar-refractivity contribution in [2.24, 2.45) is 0 Å². The lowest BCUT2D eigenvalue weighted by atomic mass is 10.0. The number of aliphatic hydroxyl groups is 1.